The number of carboxylic acids is 1. The van der Waals surface area contributed by atoms with E-state index < -0.39 is 12.0 Å². The summed E-state index contributed by atoms with van der Waals surface area (Å²) >= 11 is 0. The molecule has 1 aromatic rings. The van der Waals surface area contributed by atoms with Gasteiger partial charge in [-0.2, -0.15) is 0 Å². The van der Waals surface area contributed by atoms with E-state index in [-0.39, 0.29) is 18.7 Å². The van der Waals surface area contributed by atoms with Gasteiger partial charge in [0.25, 0.3) is 0 Å². The van der Waals surface area contributed by atoms with Gasteiger partial charge in [0.15, 0.2) is 5.78 Å². The van der Waals surface area contributed by atoms with Gasteiger partial charge in [0.2, 0.25) is 0 Å². The summed E-state index contributed by atoms with van der Waals surface area (Å²) in [4.78, 5) is 33.2. The normalized spacial score (nSPS) is 12.9. The van der Waals surface area contributed by atoms with E-state index in [2.05, 4.69) is 10.6 Å². The van der Waals surface area contributed by atoms with E-state index in [0.29, 0.717) is 18.5 Å². The van der Waals surface area contributed by atoms with Crippen molar-refractivity contribution in [1.29, 1.82) is 0 Å². The molecule has 0 saturated carbocycles. The number of carbonyl (C=O) groups excluding carboxylic acids is 2. The van der Waals surface area contributed by atoms with Crippen LogP contribution in [-0.4, -0.2) is 29.4 Å². The number of hydrogen-bond acceptors (Lipinski definition) is 3. The second-order valence-electron chi connectivity index (χ2n) is 4.32. The molecule has 2 rings (SSSR count). The topological polar surface area (TPSA) is 95.5 Å². The molecule has 2 amide bonds. The standard InChI is InChI=1S/C13H14N2O4/c16-11-4-1-8-7-9(2-3-10(8)11)15-13(19)14-6-5-12(17)18/h2-3,7H,1,4-6H2,(H,17,18)(H2,14,15,19). The predicted octanol–water partition coefficient (Wildman–Crippen LogP) is 1.41. The number of urea groups is 1. The fourth-order valence-electron chi connectivity index (χ4n) is 1.99. The van der Waals surface area contributed by atoms with Crippen molar-refractivity contribution in [2.75, 3.05) is 11.9 Å². The molecule has 0 unspecified atom stereocenters. The zero-order valence-corrected chi connectivity index (χ0v) is 10.2. The number of aryl methyl sites for hydroxylation is 1. The van der Waals surface area contributed by atoms with Crippen LogP contribution in [0.1, 0.15) is 28.8 Å². The molecular weight excluding hydrogens is 248 g/mol. The number of ketones is 1. The Balaban J connectivity index is 1.91. The summed E-state index contributed by atoms with van der Waals surface area (Å²) < 4.78 is 0. The SMILES string of the molecule is O=C(O)CCNC(=O)Nc1ccc2c(c1)CCC2=O. The number of carbonyl (C=O) groups is 3. The summed E-state index contributed by atoms with van der Waals surface area (Å²) in [5, 5.41) is 13.5. The molecule has 0 aromatic heterocycles. The minimum Gasteiger partial charge on any atom is -0.481 e. The third kappa shape index (κ3) is 3.31. The van der Waals surface area contributed by atoms with Crippen molar-refractivity contribution in [3.05, 3.63) is 29.3 Å². The Morgan fingerprint density at radius 3 is 2.79 bits per heavy atom. The molecule has 0 saturated heterocycles. The molecule has 0 bridgehead atoms. The van der Waals surface area contributed by atoms with Gasteiger partial charge < -0.3 is 15.7 Å². The lowest BCUT2D eigenvalue weighted by Crippen LogP contribution is -2.30. The zero-order valence-electron chi connectivity index (χ0n) is 10.2. The molecule has 0 aliphatic heterocycles. The number of hydrogen-bond donors (Lipinski definition) is 3. The summed E-state index contributed by atoms with van der Waals surface area (Å²) in [6.07, 6.45) is 1.10. The van der Waals surface area contributed by atoms with Gasteiger partial charge in [-0.05, 0) is 30.2 Å². The maximum Gasteiger partial charge on any atom is 0.319 e. The summed E-state index contributed by atoms with van der Waals surface area (Å²) in [5.41, 5.74) is 2.26. The van der Waals surface area contributed by atoms with Gasteiger partial charge in [0.1, 0.15) is 0 Å². The second kappa shape index (κ2) is 5.51. The molecule has 0 heterocycles. The number of rotatable bonds is 4. The van der Waals surface area contributed by atoms with Crippen LogP contribution in [0.5, 0.6) is 0 Å². The van der Waals surface area contributed by atoms with Crippen LogP contribution in [0.3, 0.4) is 0 Å². The molecule has 1 aliphatic rings. The Morgan fingerprint density at radius 2 is 2.05 bits per heavy atom. The highest BCUT2D eigenvalue weighted by molar-refractivity contribution is 6.01. The number of aliphatic carboxylic acids is 1. The molecule has 1 aromatic carbocycles. The fraction of sp³-hybridized carbons (Fsp3) is 0.308. The highest BCUT2D eigenvalue weighted by atomic mass is 16.4. The van der Waals surface area contributed by atoms with Crippen LogP contribution >= 0.6 is 0 Å². The highest BCUT2D eigenvalue weighted by Crippen LogP contribution is 2.24. The van der Waals surface area contributed by atoms with Crippen molar-refractivity contribution in [2.24, 2.45) is 0 Å². The number of benzene rings is 1. The first kappa shape index (κ1) is 13.1. The Labute approximate surface area is 109 Å². The van der Waals surface area contributed by atoms with Crippen molar-refractivity contribution in [3.63, 3.8) is 0 Å². The predicted molar refractivity (Wildman–Crippen MR) is 68.4 cm³/mol. The van der Waals surface area contributed by atoms with Crippen molar-refractivity contribution in [2.45, 2.75) is 19.3 Å². The van der Waals surface area contributed by atoms with Gasteiger partial charge >= 0.3 is 12.0 Å². The Bertz CT molecular complexity index is 539. The third-order valence-electron chi connectivity index (χ3n) is 2.91. The maximum absolute atomic E-state index is 11.5. The van der Waals surface area contributed by atoms with Crippen LogP contribution in [0.25, 0.3) is 0 Å². The van der Waals surface area contributed by atoms with Crippen molar-refractivity contribution in [1.82, 2.24) is 5.32 Å². The minimum atomic E-state index is -0.962. The quantitative estimate of drug-likeness (QED) is 0.764. The van der Waals surface area contributed by atoms with Crippen LogP contribution in [0.2, 0.25) is 0 Å². The third-order valence-corrected chi connectivity index (χ3v) is 2.91. The number of anilines is 1. The smallest absolute Gasteiger partial charge is 0.319 e. The van der Waals surface area contributed by atoms with E-state index in [1.54, 1.807) is 18.2 Å². The molecule has 6 nitrogen and oxygen atoms in total. The van der Waals surface area contributed by atoms with E-state index in [1.165, 1.54) is 0 Å². The van der Waals surface area contributed by atoms with Crippen molar-refractivity contribution < 1.29 is 19.5 Å². The molecular formula is C13H14N2O4. The molecule has 0 radical (unpaired) electrons. The number of fused-ring (bicyclic) bond motifs is 1. The van der Waals surface area contributed by atoms with E-state index >= 15 is 0 Å². The van der Waals surface area contributed by atoms with E-state index in [0.717, 1.165) is 11.1 Å². The first-order valence-electron chi connectivity index (χ1n) is 5.99. The zero-order chi connectivity index (χ0) is 13.8. The van der Waals surface area contributed by atoms with Crippen LogP contribution in [-0.2, 0) is 11.2 Å². The average Bonchev–Trinajstić information content (AvgIpc) is 2.70. The Kier molecular flexibility index (Phi) is 3.79. The maximum atomic E-state index is 11.5. The van der Waals surface area contributed by atoms with Crippen molar-refractivity contribution in [3.8, 4) is 0 Å². The number of amides is 2. The summed E-state index contributed by atoms with van der Waals surface area (Å²) in [5.74, 6) is -0.830. The number of nitrogens with one attached hydrogen (secondary N) is 2. The second-order valence-corrected chi connectivity index (χ2v) is 4.32. The van der Waals surface area contributed by atoms with Gasteiger partial charge in [0, 0.05) is 24.2 Å². The first-order valence-corrected chi connectivity index (χ1v) is 5.99. The molecule has 3 N–H and O–H groups in total. The van der Waals surface area contributed by atoms with Gasteiger partial charge in [-0.3, -0.25) is 9.59 Å². The van der Waals surface area contributed by atoms with Crippen LogP contribution in [0, 0.1) is 0 Å². The van der Waals surface area contributed by atoms with Gasteiger partial charge in [-0.1, -0.05) is 0 Å². The van der Waals surface area contributed by atoms with Crippen LogP contribution in [0.4, 0.5) is 10.5 Å². The van der Waals surface area contributed by atoms with E-state index in [4.69, 9.17) is 5.11 Å². The minimum absolute atomic E-state index is 0.0740. The number of carboxylic acid groups (broad SMARTS) is 1. The van der Waals surface area contributed by atoms with Crippen LogP contribution in [0.15, 0.2) is 18.2 Å². The number of Topliss-reactive ketones (excluding diaryl/α,β-unsaturated/α-hetero) is 1. The largest absolute Gasteiger partial charge is 0.481 e. The van der Waals surface area contributed by atoms with Crippen LogP contribution < -0.4 is 10.6 Å². The molecule has 0 atom stereocenters. The summed E-state index contributed by atoms with van der Waals surface area (Å²) in [6, 6.07) is 4.69. The highest BCUT2D eigenvalue weighted by Gasteiger charge is 2.19. The first-order chi connectivity index (χ1) is 9.06. The molecule has 100 valence electrons. The Hall–Kier alpha value is -2.37. The van der Waals surface area contributed by atoms with Gasteiger partial charge in [-0.25, -0.2) is 4.79 Å². The Morgan fingerprint density at radius 1 is 1.26 bits per heavy atom. The van der Waals surface area contributed by atoms with E-state index in [9.17, 15) is 14.4 Å². The lowest BCUT2D eigenvalue weighted by atomic mass is 10.1. The van der Waals surface area contributed by atoms with Gasteiger partial charge in [0.05, 0.1) is 6.42 Å². The van der Waals surface area contributed by atoms with E-state index in [1.807, 2.05) is 0 Å². The lowest BCUT2D eigenvalue weighted by molar-refractivity contribution is -0.136. The average molecular weight is 262 g/mol. The molecule has 19 heavy (non-hydrogen) atoms. The van der Waals surface area contributed by atoms with Gasteiger partial charge in [-0.15, -0.1) is 0 Å². The molecule has 1 aliphatic carbocycles. The molecule has 0 spiro atoms. The monoisotopic (exact) mass is 262 g/mol. The molecule has 0 fully saturated rings. The van der Waals surface area contributed by atoms with Crippen molar-refractivity contribution >= 4 is 23.5 Å². The summed E-state index contributed by atoms with van der Waals surface area (Å²) in [7, 11) is 0. The molecule has 6 heteroatoms. The fourth-order valence-corrected chi connectivity index (χ4v) is 1.99. The lowest BCUT2D eigenvalue weighted by Gasteiger charge is -2.08. The summed E-state index contributed by atoms with van der Waals surface area (Å²) in [6.45, 7) is 0.0740.